The molecule has 2 nitrogen and oxygen atoms in total. The van der Waals surface area contributed by atoms with E-state index in [-0.39, 0.29) is 5.56 Å². The molecule has 0 saturated carbocycles. The summed E-state index contributed by atoms with van der Waals surface area (Å²) in [6, 6.07) is 8.18. The van der Waals surface area contributed by atoms with Gasteiger partial charge in [-0.15, -0.1) is 11.6 Å². The Morgan fingerprint density at radius 2 is 1.70 bits per heavy atom. The lowest BCUT2D eigenvalue weighted by atomic mass is 10.0. The van der Waals surface area contributed by atoms with Crippen molar-refractivity contribution >= 4 is 11.6 Å². The highest BCUT2D eigenvalue weighted by molar-refractivity contribution is 6.22. The van der Waals surface area contributed by atoms with Crippen LogP contribution in [0.5, 0.6) is 11.5 Å². The molecule has 0 aliphatic rings. The average Bonchev–Trinajstić information content (AvgIpc) is 2.48. The highest BCUT2D eigenvalue weighted by Gasteiger charge is 2.20. The molecule has 20 heavy (non-hydrogen) atoms. The molecule has 5 heteroatoms. The van der Waals surface area contributed by atoms with Gasteiger partial charge in [0.2, 0.25) is 0 Å². The van der Waals surface area contributed by atoms with Crippen LogP contribution in [0, 0.1) is 11.6 Å². The van der Waals surface area contributed by atoms with Crippen LogP contribution < -0.4 is 9.47 Å². The predicted molar refractivity (Wildman–Crippen MR) is 73.6 cm³/mol. The van der Waals surface area contributed by atoms with Crippen molar-refractivity contribution in [2.75, 3.05) is 14.2 Å². The van der Waals surface area contributed by atoms with Crippen LogP contribution in [0.3, 0.4) is 0 Å². The van der Waals surface area contributed by atoms with Gasteiger partial charge in [0.1, 0.15) is 23.1 Å². The summed E-state index contributed by atoms with van der Waals surface area (Å²) in [5, 5.41) is -0.879. The number of halogens is 3. The Bertz CT molecular complexity index is 617. The second-order valence-corrected chi connectivity index (χ2v) is 4.57. The maximum absolute atomic E-state index is 13.8. The second-order valence-electron chi connectivity index (χ2n) is 4.14. The van der Waals surface area contributed by atoms with Crippen molar-refractivity contribution in [1.82, 2.24) is 0 Å². The van der Waals surface area contributed by atoms with Gasteiger partial charge in [0.15, 0.2) is 0 Å². The van der Waals surface area contributed by atoms with Gasteiger partial charge in [-0.3, -0.25) is 0 Å². The van der Waals surface area contributed by atoms with Gasteiger partial charge >= 0.3 is 0 Å². The third-order valence-electron chi connectivity index (χ3n) is 2.94. The molecule has 0 aliphatic carbocycles. The van der Waals surface area contributed by atoms with E-state index >= 15 is 0 Å². The van der Waals surface area contributed by atoms with Crippen molar-refractivity contribution in [3.05, 3.63) is 59.2 Å². The molecular weight excluding hydrogens is 286 g/mol. The number of ether oxygens (including phenoxy) is 2. The summed E-state index contributed by atoms with van der Waals surface area (Å²) in [4.78, 5) is 0. The van der Waals surface area contributed by atoms with Crippen LogP contribution in [-0.4, -0.2) is 14.2 Å². The summed E-state index contributed by atoms with van der Waals surface area (Å²) in [5.41, 5.74) is 0.566. The third-order valence-corrected chi connectivity index (χ3v) is 3.41. The van der Waals surface area contributed by atoms with Crippen LogP contribution in [0.1, 0.15) is 16.5 Å². The molecule has 0 saturated heterocycles. The Labute approximate surface area is 120 Å². The van der Waals surface area contributed by atoms with E-state index in [4.69, 9.17) is 21.1 Å². The van der Waals surface area contributed by atoms with E-state index in [0.717, 1.165) is 18.2 Å². The van der Waals surface area contributed by atoms with Gasteiger partial charge in [-0.05, 0) is 36.4 Å². The number of hydrogen-bond donors (Lipinski definition) is 0. The molecule has 0 amide bonds. The van der Waals surface area contributed by atoms with Crippen molar-refractivity contribution < 1.29 is 18.3 Å². The molecule has 0 aromatic heterocycles. The fourth-order valence-electron chi connectivity index (χ4n) is 1.91. The molecular formula is C15H13ClF2O2. The molecule has 1 unspecified atom stereocenters. The zero-order chi connectivity index (χ0) is 14.7. The van der Waals surface area contributed by atoms with Crippen molar-refractivity contribution in [2.24, 2.45) is 0 Å². The first kappa shape index (κ1) is 14.6. The van der Waals surface area contributed by atoms with Crippen LogP contribution in [0.4, 0.5) is 8.78 Å². The summed E-state index contributed by atoms with van der Waals surface area (Å²) >= 11 is 6.28. The maximum Gasteiger partial charge on any atom is 0.128 e. The minimum atomic E-state index is -0.879. The molecule has 1 atom stereocenters. The Balaban J connectivity index is 2.51. The molecule has 0 aliphatic heterocycles. The topological polar surface area (TPSA) is 18.5 Å². The summed E-state index contributed by atoms with van der Waals surface area (Å²) in [6.45, 7) is 0. The van der Waals surface area contributed by atoms with Crippen LogP contribution in [0.25, 0.3) is 0 Å². The lowest BCUT2D eigenvalue weighted by molar-refractivity contribution is 0.399. The first-order chi connectivity index (χ1) is 9.56. The summed E-state index contributed by atoms with van der Waals surface area (Å²) in [7, 11) is 2.99. The van der Waals surface area contributed by atoms with E-state index in [1.54, 1.807) is 18.2 Å². The molecule has 0 radical (unpaired) electrons. The third kappa shape index (κ3) is 2.85. The minimum absolute atomic E-state index is 0.0539. The molecule has 0 fully saturated rings. The first-order valence-electron chi connectivity index (χ1n) is 5.87. The maximum atomic E-state index is 13.8. The number of rotatable bonds is 4. The van der Waals surface area contributed by atoms with Gasteiger partial charge in [-0.2, -0.15) is 0 Å². The SMILES string of the molecule is COc1ccc(OC)c(C(Cl)c2cc(F)ccc2F)c1. The van der Waals surface area contributed by atoms with E-state index in [9.17, 15) is 8.78 Å². The van der Waals surface area contributed by atoms with Crippen LogP contribution >= 0.6 is 11.6 Å². The Kier molecular flexibility index (Phi) is 4.45. The summed E-state index contributed by atoms with van der Waals surface area (Å²) in [5.74, 6) is -0.0806. The summed E-state index contributed by atoms with van der Waals surface area (Å²) in [6.07, 6.45) is 0. The number of hydrogen-bond acceptors (Lipinski definition) is 2. The predicted octanol–water partition coefficient (Wildman–Crippen LogP) is 4.31. The highest BCUT2D eigenvalue weighted by Crippen LogP contribution is 2.38. The Morgan fingerprint density at radius 3 is 2.35 bits per heavy atom. The van der Waals surface area contributed by atoms with Crippen LogP contribution in [0.2, 0.25) is 0 Å². The van der Waals surface area contributed by atoms with Gasteiger partial charge < -0.3 is 9.47 Å². The van der Waals surface area contributed by atoms with E-state index in [2.05, 4.69) is 0 Å². The van der Waals surface area contributed by atoms with Crippen molar-refractivity contribution in [3.8, 4) is 11.5 Å². The zero-order valence-corrected chi connectivity index (χ0v) is 11.7. The molecule has 106 valence electrons. The Morgan fingerprint density at radius 1 is 0.950 bits per heavy atom. The van der Waals surface area contributed by atoms with Crippen molar-refractivity contribution in [1.29, 1.82) is 0 Å². The highest BCUT2D eigenvalue weighted by atomic mass is 35.5. The number of methoxy groups -OCH3 is 2. The monoisotopic (exact) mass is 298 g/mol. The van der Waals surface area contributed by atoms with E-state index in [1.807, 2.05) is 0 Å². The van der Waals surface area contributed by atoms with Crippen LogP contribution in [-0.2, 0) is 0 Å². The average molecular weight is 299 g/mol. The van der Waals surface area contributed by atoms with Gasteiger partial charge in [-0.25, -0.2) is 8.78 Å². The molecule has 2 aromatic carbocycles. The van der Waals surface area contributed by atoms with Gasteiger partial charge in [0, 0.05) is 11.1 Å². The second kappa shape index (κ2) is 6.09. The van der Waals surface area contributed by atoms with E-state index in [1.165, 1.54) is 14.2 Å². The molecule has 2 aromatic rings. The van der Waals surface area contributed by atoms with Gasteiger partial charge in [-0.1, -0.05) is 0 Å². The van der Waals surface area contributed by atoms with Gasteiger partial charge in [0.25, 0.3) is 0 Å². The molecule has 0 spiro atoms. The smallest absolute Gasteiger partial charge is 0.128 e. The van der Waals surface area contributed by atoms with Crippen molar-refractivity contribution in [3.63, 3.8) is 0 Å². The lowest BCUT2D eigenvalue weighted by Crippen LogP contribution is -2.01. The minimum Gasteiger partial charge on any atom is -0.497 e. The zero-order valence-electron chi connectivity index (χ0n) is 11.0. The lowest BCUT2D eigenvalue weighted by Gasteiger charge is -2.16. The normalized spacial score (nSPS) is 12.1. The fraction of sp³-hybridized carbons (Fsp3) is 0.200. The number of alkyl halides is 1. The van der Waals surface area contributed by atoms with Crippen molar-refractivity contribution in [2.45, 2.75) is 5.38 Å². The molecule has 2 rings (SSSR count). The van der Waals surface area contributed by atoms with E-state index in [0.29, 0.717) is 17.1 Å². The number of benzene rings is 2. The van der Waals surface area contributed by atoms with Crippen LogP contribution in [0.15, 0.2) is 36.4 Å². The summed E-state index contributed by atoms with van der Waals surface area (Å²) < 4.78 is 37.4. The largest absolute Gasteiger partial charge is 0.497 e. The Hall–Kier alpha value is -1.81. The standard InChI is InChI=1S/C15H13ClF2O2/c1-19-10-4-6-14(20-2)12(8-10)15(16)11-7-9(17)3-5-13(11)18/h3-8,15H,1-2H3. The molecule has 0 N–H and O–H groups in total. The van der Waals surface area contributed by atoms with E-state index < -0.39 is 17.0 Å². The fourth-order valence-corrected chi connectivity index (χ4v) is 2.25. The first-order valence-corrected chi connectivity index (χ1v) is 6.31. The molecule has 0 bridgehead atoms. The molecule has 0 heterocycles. The quantitative estimate of drug-likeness (QED) is 0.783. The van der Waals surface area contributed by atoms with Gasteiger partial charge in [0.05, 0.1) is 19.6 Å².